The van der Waals surface area contributed by atoms with Crippen LogP contribution in [-0.2, 0) is 6.42 Å². The Morgan fingerprint density at radius 3 is 2.50 bits per heavy atom. The number of hydrogen-bond acceptors (Lipinski definition) is 5. The monoisotopic (exact) mass is 266 g/mol. The van der Waals surface area contributed by atoms with Crippen molar-refractivity contribution in [2.24, 2.45) is 0 Å². The van der Waals surface area contributed by atoms with E-state index in [9.17, 15) is 0 Å². The van der Waals surface area contributed by atoms with Gasteiger partial charge in [-0.3, -0.25) is 0 Å². The van der Waals surface area contributed by atoms with Crippen molar-refractivity contribution in [2.75, 3.05) is 29.2 Å². The first kappa shape index (κ1) is 13.5. The van der Waals surface area contributed by atoms with E-state index >= 15 is 0 Å². The highest BCUT2D eigenvalue weighted by Gasteiger charge is 2.16. The predicted molar refractivity (Wildman–Crippen MR) is 79.7 cm³/mol. The Labute approximate surface area is 113 Å². The third-order valence-corrected chi connectivity index (χ3v) is 4.36. The smallest absolute Gasteiger partial charge is 0.134 e. The molecule has 0 spiro atoms. The number of aryl methyl sites for hydroxylation is 1. The first-order chi connectivity index (χ1) is 8.74. The van der Waals surface area contributed by atoms with Gasteiger partial charge in [0.2, 0.25) is 0 Å². The number of rotatable bonds is 4. The average molecular weight is 266 g/mol. The quantitative estimate of drug-likeness (QED) is 0.877. The molecule has 0 bridgehead atoms. The summed E-state index contributed by atoms with van der Waals surface area (Å²) in [6, 6.07) is 0.564. The molecule has 2 N–H and O–H groups in total. The first-order valence-electron chi connectivity index (χ1n) is 6.64. The second-order valence-corrected chi connectivity index (χ2v) is 5.82. The van der Waals surface area contributed by atoms with Gasteiger partial charge in [0, 0.05) is 25.1 Å². The van der Waals surface area contributed by atoms with Crippen molar-refractivity contribution in [1.29, 1.82) is 0 Å². The third-order valence-electron chi connectivity index (χ3n) is 3.31. The van der Waals surface area contributed by atoms with Crippen LogP contribution >= 0.6 is 11.8 Å². The molecule has 0 aromatic carbocycles. The molecule has 2 rings (SSSR count). The molecule has 0 aliphatic carbocycles. The van der Waals surface area contributed by atoms with Gasteiger partial charge in [-0.05, 0) is 31.3 Å². The van der Waals surface area contributed by atoms with Crippen LogP contribution in [0.25, 0.3) is 0 Å². The molecule has 1 aromatic heterocycles. The fourth-order valence-corrected chi connectivity index (χ4v) is 3.25. The van der Waals surface area contributed by atoms with Crippen LogP contribution in [0, 0.1) is 6.92 Å². The fourth-order valence-electron chi connectivity index (χ4n) is 2.14. The summed E-state index contributed by atoms with van der Waals surface area (Å²) in [5, 5.41) is 6.75. The molecule has 4 nitrogen and oxygen atoms in total. The first-order valence-corrected chi connectivity index (χ1v) is 7.79. The van der Waals surface area contributed by atoms with Crippen molar-refractivity contribution < 1.29 is 0 Å². The molecule has 0 radical (unpaired) electrons. The van der Waals surface area contributed by atoms with E-state index < -0.39 is 0 Å². The Morgan fingerprint density at radius 1 is 1.22 bits per heavy atom. The van der Waals surface area contributed by atoms with Crippen molar-refractivity contribution in [3.63, 3.8) is 0 Å². The Hall–Kier alpha value is -0.970. The summed E-state index contributed by atoms with van der Waals surface area (Å²) in [7, 11) is 1.91. The molecule has 5 heteroatoms. The van der Waals surface area contributed by atoms with Crippen LogP contribution < -0.4 is 10.6 Å². The SMILES string of the molecule is CCc1nc(NC)c(C)c(NC2CCSCC2)n1. The summed E-state index contributed by atoms with van der Waals surface area (Å²) in [6.07, 6.45) is 3.32. The highest BCUT2D eigenvalue weighted by molar-refractivity contribution is 7.99. The number of nitrogens with one attached hydrogen (secondary N) is 2. The Bertz CT molecular complexity index is 402. The Morgan fingerprint density at radius 2 is 1.89 bits per heavy atom. The summed E-state index contributed by atoms with van der Waals surface area (Å²) < 4.78 is 0. The van der Waals surface area contributed by atoms with Crippen molar-refractivity contribution in [2.45, 2.75) is 39.2 Å². The summed E-state index contributed by atoms with van der Waals surface area (Å²) in [6.45, 7) is 4.16. The van der Waals surface area contributed by atoms with Crippen molar-refractivity contribution in [3.8, 4) is 0 Å². The van der Waals surface area contributed by atoms with E-state index in [-0.39, 0.29) is 0 Å². The lowest BCUT2D eigenvalue weighted by Crippen LogP contribution is -2.26. The maximum Gasteiger partial charge on any atom is 0.134 e. The van der Waals surface area contributed by atoms with Crippen LogP contribution in [0.5, 0.6) is 0 Å². The third kappa shape index (κ3) is 3.07. The van der Waals surface area contributed by atoms with Crippen LogP contribution in [0.2, 0.25) is 0 Å². The van der Waals surface area contributed by atoms with Crippen LogP contribution in [0.4, 0.5) is 11.6 Å². The minimum atomic E-state index is 0.564. The van der Waals surface area contributed by atoms with Crippen molar-refractivity contribution in [1.82, 2.24) is 9.97 Å². The summed E-state index contributed by atoms with van der Waals surface area (Å²) in [4.78, 5) is 9.12. The van der Waals surface area contributed by atoms with Crippen LogP contribution in [0.15, 0.2) is 0 Å². The van der Waals surface area contributed by atoms with E-state index in [1.54, 1.807) is 0 Å². The van der Waals surface area contributed by atoms with Crippen LogP contribution in [0.3, 0.4) is 0 Å². The molecule has 1 aliphatic rings. The molecule has 0 saturated carbocycles. The predicted octanol–water partition coefficient (Wildman–Crippen LogP) is 2.70. The lowest BCUT2D eigenvalue weighted by Gasteiger charge is -2.24. The molecular weight excluding hydrogens is 244 g/mol. The number of aromatic nitrogens is 2. The van der Waals surface area contributed by atoms with Gasteiger partial charge in [0.1, 0.15) is 17.5 Å². The zero-order valence-corrected chi connectivity index (χ0v) is 12.2. The normalized spacial score (nSPS) is 16.6. The topological polar surface area (TPSA) is 49.8 Å². The molecule has 0 atom stereocenters. The van der Waals surface area contributed by atoms with Gasteiger partial charge in [0.05, 0.1) is 0 Å². The number of nitrogens with zero attached hydrogens (tertiary/aromatic N) is 2. The van der Waals surface area contributed by atoms with Gasteiger partial charge >= 0.3 is 0 Å². The molecule has 0 unspecified atom stereocenters. The Balaban J connectivity index is 2.19. The summed E-state index contributed by atoms with van der Waals surface area (Å²) in [5.74, 6) is 5.35. The standard InChI is InChI=1S/C13H22N4S/c1-4-11-16-12(14-3)9(2)13(17-11)15-10-5-7-18-8-6-10/h10H,4-8H2,1-3H3,(H2,14,15,16,17). The molecule has 0 amide bonds. The lowest BCUT2D eigenvalue weighted by molar-refractivity contribution is 0.661. The summed E-state index contributed by atoms with van der Waals surface area (Å²) >= 11 is 2.04. The molecule has 1 fully saturated rings. The van der Waals surface area contributed by atoms with Gasteiger partial charge in [-0.25, -0.2) is 9.97 Å². The van der Waals surface area contributed by atoms with E-state index in [1.807, 2.05) is 18.8 Å². The van der Waals surface area contributed by atoms with Gasteiger partial charge in [0.25, 0.3) is 0 Å². The molecule has 1 aromatic rings. The van der Waals surface area contributed by atoms with E-state index in [2.05, 4.69) is 34.4 Å². The summed E-state index contributed by atoms with van der Waals surface area (Å²) in [5.41, 5.74) is 1.12. The number of anilines is 2. The maximum absolute atomic E-state index is 4.62. The van der Waals surface area contributed by atoms with E-state index in [4.69, 9.17) is 0 Å². The van der Waals surface area contributed by atoms with Crippen molar-refractivity contribution >= 4 is 23.4 Å². The molecule has 100 valence electrons. The van der Waals surface area contributed by atoms with Gasteiger partial charge in [-0.2, -0.15) is 11.8 Å². The average Bonchev–Trinajstić information content (AvgIpc) is 2.42. The highest BCUT2D eigenvalue weighted by atomic mass is 32.2. The van der Waals surface area contributed by atoms with Crippen molar-refractivity contribution in [3.05, 3.63) is 11.4 Å². The van der Waals surface area contributed by atoms with Gasteiger partial charge in [0.15, 0.2) is 0 Å². The second kappa shape index (κ2) is 6.27. The second-order valence-electron chi connectivity index (χ2n) is 4.60. The van der Waals surface area contributed by atoms with E-state index in [0.29, 0.717) is 6.04 Å². The number of thioether (sulfide) groups is 1. The molecule has 18 heavy (non-hydrogen) atoms. The van der Waals surface area contributed by atoms with Crippen LogP contribution in [0.1, 0.15) is 31.2 Å². The fraction of sp³-hybridized carbons (Fsp3) is 0.692. The Kier molecular flexibility index (Phi) is 4.69. The zero-order valence-electron chi connectivity index (χ0n) is 11.4. The zero-order chi connectivity index (χ0) is 13.0. The molecule has 1 saturated heterocycles. The van der Waals surface area contributed by atoms with Gasteiger partial charge in [-0.15, -0.1) is 0 Å². The van der Waals surface area contributed by atoms with Crippen LogP contribution in [-0.4, -0.2) is 34.6 Å². The molecule has 1 aliphatic heterocycles. The van der Waals surface area contributed by atoms with Gasteiger partial charge in [-0.1, -0.05) is 6.92 Å². The number of hydrogen-bond donors (Lipinski definition) is 2. The van der Waals surface area contributed by atoms with E-state index in [1.165, 1.54) is 24.3 Å². The molecule has 2 heterocycles. The minimum absolute atomic E-state index is 0.564. The minimum Gasteiger partial charge on any atom is -0.373 e. The van der Waals surface area contributed by atoms with E-state index in [0.717, 1.165) is 29.4 Å². The largest absolute Gasteiger partial charge is 0.373 e. The maximum atomic E-state index is 4.62. The van der Waals surface area contributed by atoms with Gasteiger partial charge < -0.3 is 10.6 Å². The lowest BCUT2D eigenvalue weighted by atomic mass is 10.1. The molecular formula is C13H22N4S. The highest BCUT2D eigenvalue weighted by Crippen LogP contribution is 2.24.